The second-order valence-electron chi connectivity index (χ2n) is 6.21. The molecule has 0 amide bonds. The first-order valence-corrected chi connectivity index (χ1v) is 8.64. The van der Waals surface area contributed by atoms with Crippen LogP contribution < -0.4 is 0 Å². The lowest BCUT2D eigenvalue weighted by molar-refractivity contribution is 0.864. The lowest BCUT2D eigenvalue weighted by Gasteiger charge is -2.08. The van der Waals surface area contributed by atoms with Gasteiger partial charge in [0.2, 0.25) is 0 Å². The number of hydrogen-bond acceptors (Lipinski definition) is 2. The van der Waals surface area contributed by atoms with Crippen molar-refractivity contribution in [3.05, 3.63) is 65.9 Å². The van der Waals surface area contributed by atoms with Crippen molar-refractivity contribution in [2.75, 3.05) is 0 Å². The molecule has 2 heteroatoms. The molecule has 0 N–H and O–H groups in total. The number of hydrogen-bond donors (Lipinski definition) is 0. The molecule has 23 heavy (non-hydrogen) atoms. The standard InChI is InChI=1S/C21H19NS/c1-13(2)15-9-10-22-19(12-15)18-6-4-5-17-16-8-7-14(3)11-20(16)23-21(17)18/h4-13H,1-3H3/i13D. The Morgan fingerprint density at radius 1 is 1.04 bits per heavy atom. The first-order valence-electron chi connectivity index (χ1n) is 8.32. The molecule has 0 radical (unpaired) electrons. The number of thiophene rings is 1. The summed E-state index contributed by atoms with van der Waals surface area (Å²) in [5.74, 6) is -0.622. The summed E-state index contributed by atoms with van der Waals surface area (Å²) in [6, 6.07) is 17.0. The molecule has 0 saturated carbocycles. The van der Waals surface area contributed by atoms with E-state index >= 15 is 0 Å². The fraction of sp³-hybridized carbons (Fsp3) is 0.190. The van der Waals surface area contributed by atoms with Crippen LogP contribution in [0.2, 0.25) is 0 Å². The van der Waals surface area contributed by atoms with E-state index in [1.54, 1.807) is 0 Å². The molecule has 0 atom stereocenters. The number of pyridine rings is 1. The van der Waals surface area contributed by atoms with Crippen LogP contribution in [-0.2, 0) is 0 Å². The number of nitrogens with zero attached hydrogens (tertiary/aromatic N) is 1. The molecule has 0 aliphatic heterocycles. The summed E-state index contributed by atoms with van der Waals surface area (Å²) in [5.41, 5.74) is 4.37. The molecule has 0 unspecified atom stereocenters. The van der Waals surface area contributed by atoms with Crippen LogP contribution in [0.15, 0.2) is 54.7 Å². The predicted molar refractivity (Wildman–Crippen MR) is 101 cm³/mol. The third-order valence-electron chi connectivity index (χ3n) is 4.27. The Labute approximate surface area is 142 Å². The van der Waals surface area contributed by atoms with Gasteiger partial charge in [0.1, 0.15) is 0 Å². The molecule has 114 valence electrons. The highest BCUT2D eigenvalue weighted by Gasteiger charge is 2.12. The Balaban J connectivity index is 1.99. The molecule has 0 aliphatic carbocycles. The maximum Gasteiger partial charge on any atom is 0.0719 e. The third kappa shape index (κ3) is 2.43. The van der Waals surface area contributed by atoms with Gasteiger partial charge in [-0.15, -0.1) is 11.3 Å². The zero-order valence-corrected chi connectivity index (χ0v) is 14.4. The normalized spacial score (nSPS) is 12.7. The third-order valence-corrected chi connectivity index (χ3v) is 5.47. The second-order valence-corrected chi connectivity index (χ2v) is 7.27. The van der Waals surface area contributed by atoms with E-state index in [-0.39, 0.29) is 0 Å². The minimum absolute atomic E-state index is 0.622. The molecule has 0 saturated heterocycles. The largest absolute Gasteiger partial charge is 0.256 e. The fourth-order valence-corrected chi connectivity index (χ4v) is 4.32. The zero-order valence-electron chi connectivity index (χ0n) is 14.6. The average molecular weight is 318 g/mol. The van der Waals surface area contributed by atoms with Crippen LogP contribution in [0, 0.1) is 6.92 Å². The van der Waals surface area contributed by atoms with Gasteiger partial charge in [0.05, 0.1) is 5.69 Å². The van der Waals surface area contributed by atoms with E-state index in [4.69, 9.17) is 1.37 Å². The number of fused-ring (bicyclic) bond motifs is 3. The van der Waals surface area contributed by atoms with Crippen LogP contribution in [-0.4, -0.2) is 4.98 Å². The maximum absolute atomic E-state index is 8.28. The van der Waals surface area contributed by atoms with Crippen molar-refractivity contribution >= 4 is 31.5 Å². The van der Waals surface area contributed by atoms with E-state index in [2.05, 4.69) is 54.4 Å². The fourth-order valence-electron chi connectivity index (χ4n) is 3.00. The van der Waals surface area contributed by atoms with Crippen LogP contribution in [0.4, 0.5) is 0 Å². The summed E-state index contributed by atoms with van der Waals surface area (Å²) >= 11 is 1.82. The Morgan fingerprint density at radius 2 is 1.91 bits per heavy atom. The SMILES string of the molecule is [2H]C(C)(C)c1ccnc(-c2cccc3c2sc2cc(C)ccc23)c1. The summed E-state index contributed by atoms with van der Waals surface area (Å²) in [6.45, 7) is 5.95. The van der Waals surface area contributed by atoms with Gasteiger partial charge >= 0.3 is 0 Å². The lowest BCUT2D eigenvalue weighted by atomic mass is 10.0. The summed E-state index contributed by atoms with van der Waals surface area (Å²) in [5, 5.41) is 2.59. The van der Waals surface area contributed by atoms with Gasteiger partial charge in [-0.2, -0.15) is 0 Å². The molecule has 1 nitrogen and oxygen atoms in total. The van der Waals surface area contributed by atoms with Gasteiger partial charge in [-0.3, -0.25) is 4.98 Å². The highest BCUT2D eigenvalue weighted by atomic mass is 32.1. The zero-order chi connectivity index (χ0) is 16.9. The Bertz CT molecular complexity index is 1060. The van der Waals surface area contributed by atoms with E-state index < -0.39 is 5.89 Å². The second kappa shape index (κ2) is 5.47. The van der Waals surface area contributed by atoms with Crippen LogP contribution in [0.1, 0.15) is 32.2 Å². The molecule has 2 aromatic carbocycles. The minimum atomic E-state index is -0.622. The smallest absolute Gasteiger partial charge is 0.0719 e. The molecule has 0 fully saturated rings. The quantitative estimate of drug-likeness (QED) is 0.408. The number of rotatable bonds is 2. The van der Waals surface area contributed by atoms with Crippen LogP contribution in [0.25, 0.3) is 31.4 Å². The Hall–Kier alpha value is -2.19. The van der Waals surface area contributed by atoms with Gasteiger partial charge in [0, 0.05) is 33.3 Å². The minimum Gasteiger partial charge on any atom is -0.256 e. The summed E-state index contributed by atoms with van der Waals surface area (Å²) in [4.78, 5) is 4.58. The highest BCUT2D eigenvalue weighted by molar-refractivity contribution is 7.26. The van der Waals surface area contributed by atoms with Crippen LogP contribution in [0.5, 0.6) is 0 Å². The van der Waals surface area contributed by atoms with E-state index in [1.165, 1.54) is 25.7 Å². The molecule has 4 aromatic rings. The van der Waals surface area contributed by atoms with E-state index in [1.807, 2.05) is 37.4 Å². The van der Waals surface area contributed by atoms with Crippen LogP contribution >= 0.6 is 11.3 Å². The van der Waals surface area contributed by atoms with Gasteiger partial charge in [0.15, 0.2) is 0 Å². The molecular weight excluding hydrogens is 298 g/mol. The predicted octanol–water partition coefficient (Wildman–Crippen LogP) is 6.55. The van der Waals surface area contributed by atoms with Gasteiger partial charge in [-0.25, -0.2) is 0 Å². The van der Waals surface area contributed by atoms with Crippen molar-refractivity contribution < 1.29 is 1.37 Å². The highest BCUT2D eigenvalue weighted by Crippen LogP contribution is 2.39. The molecule has 0 bridgehead atoms. The molecule has 0 spiro atoms. The van der Waals surface area contributed by atoms with Crippen molar-refractivity contribution in [1.29, 1.82) is 0 Å². The molecule has 0 aliphatic rings. The van der Waals surface area contributed by atoms with Crippen molar-refractivity contribution in [3.8, 4) is 11.3 Å². The topological polar surface area (TPSA) is 12.9 Å². The number of aryl methyl sites for hydroxylation is 1. The van der Waals surface area contributed by atoms with E-state index in [9.17, 15) is 0 Å². The molecule has 4 rings (SSSR count). The lowest BCUT2D eigenvalue weighted by Crippen LogP contribution is -1.90. The van der Waals surface area contributed by atoms with Crippen molar-refractivity contribution in [2.24, 2.45) is 0 Å². The van der Waals surface area contributed by atoms with E-state index in [0.29, 0.717) is 0 Å². The molecular formula is C21H19NS. The Morgan fingerprint density at radius 3 is 2.74 bits per heavy atom. The molecule has 2 heterocycles. The summed E-state index contributed by atoms with van der Waals surface area (Å²) in [6.07, 6.45) is 1.82. The summed E-state index contributed by atoms with van der Waals surface area (Å²) in [7, 11) is 0. The van der Waals surface area contributed by atoms with Gasteiger partial charge < -0.3 is 0 Å². The summed E-state index contributed by atoms with van der Waals surface area (Å²) < 4.78 is 10.9. The first-order chi connectivity index (χ1) is 11.4. The Kier molecular flexibility index (Phi) is 3.15. The van der Waals surface area contributed by atoms with Crippen molar-refractivity contribution in [2.45, 2.75) is 26.7 Å². The van der Waals surface area contributed by atoms with Gasteiger partial charge in [-0.05, 0) is 42.1 Å². The van der Waals surface area contributed by atoms with E-state index in [0.717, 1.165) is 16.8 Å². The van der Waals surface area contributed by atoms with Crippen molar-refractivity contribution in [3.63, 3.8) is 0 Å². The molecule has 2 aromatic heterocycles. The number of benzene rings is 2. The van der Waals surface area contributed by atoms with Gasteiger partial charge in [0.25, 0.3) is 0 Å². The van der Waals surface area contributed by atoms with Crippen LogP contribution in [0.3, 0.4) is 0 Å². The average Bonchev–Trinajstić information content (AvgIpc) is 2.91. The first kappa shape index (κ1) is 13.3. The maximum atomic E-state index is 8.28. The van der Waals surface area contributed by atoms with Crippen molar-refractivity contribution in [1.82, 2.24) is 4.98 Å². The number of aromatic nitrogens is 1. The monoisotopic (exact) mass is 318 g/mol. The van der Waals surface area contributed by atoms with Gasteiger partial charge in [-0.1, -0.05) is 44.2 Å².